The molecule has 0 unspecified atom stereocenters. The highest BCUT2D eigenvalue weighted by Gasteiger charge is 2.12. The van der Waals surface area contributed by atoms with E-state index in [4.69, 9.17) is 5.73 Å². The molecule has 0 saturated carbocycles. The smallest absolute Gasteiger partial charge is 0.337 e. The van der Waals surface area contributed by atoms with Gasteiger partial charge in [0.2, 0.25) is 5.13 Å². The number of hydrogen-bond donors (Lipinski definition) is 1. The van der Waals surface area contributed by atoms with Crippen molar-refractivity contribution in [2.75, 3.05) is 12.8 Å². The van der Waals surface area contributed by atoms with Crippen molar-refractivity contribution in [1.29, 1.82) is 0 Å². The molecule has 6 nitrogen and oxygen atoms in total. The van der Waals surface area contributed by atoms with Crippen LogP contribution in [0.15, 0.2) is 24.3 Å². The molecule has 0 aliphatic heterocycles. The number of hydrogen-bond acceptors (Lipinski definition) is 7. The predicted molar refractivity (Wildman–Crippen MR) is 70.1 cm³/mol. The molecule has 0 aliphatic carbocycles. The summed E-state index contributed by atoms with van der Waals surface area (Å²) in [7, 11) is 1.31. The molecule has 0 bridgehead atoms. The van der Waals surface area contributed by atoms with Gasteiger partial charge in [0.1, 0.15) is 5.01 Å². The van der Waals surface area contributed by atoms with Gasteiger partial charge in [-0.15, -0.1) is 10.2 Å². The van der Waals surface area contributed by atoms with Crippen LogP contribution in [-0.2, 0) is 11.2 Å². The number of Topliss-reactive ketones (excluding diaryl/α,β-unsaturated/α-hetero) is 1. The Hall–Kier alpha value is -2.28. The monoisotopic (exact) mass is 277 g/mol. The molecule has 2 aromatic rings. The number of esters is 1. The molecule has 98 valence electrons. The number of nitrogen functional groups attached to an aromatic ring is 1. The number of carbonyl (C=O) groups excluding carboxylic acids is 2. The molecule has 0 radical (unpaired) electrons. The average molecular weight is 277 g/mol. The van der Waals surface area contributed by atoms with Gasteiger partial charge in [-0.2, -0.15) is 0 Å². The third-order valence-corrected chi connectivity index (χ3v) is 3.17. The number of ketones is 1. The van der Waals surface area contributed by atoms with E-state index in [0.717, 1.165) is 0 Å². The summed E-state index contributed by atoms with van der Waals surface area (Å²) in [6, 6.07) is 6.26. The maximum absolute atomic E-state index is 12.0. The van der Waals surface area contributed by atoms with Crippen LogP contribution in [0, 0.1) is 0 Å². The molecular formula is C12H11N3O3S. The highest BCUT2D eigenvalue weighted by molar-refractivity contribution is 7.15. The number of methoxy groups -OCH3 is 1. The highest BCUT2D eigenvalue weighted by Crippen LogP contribution is 2.14. The fourth-order valence-electron chi connectivity index (χ4n) is 1.49. The zero-order chi connectivity index (χ0) is 13.8. The number of nitrogens with two attached hydrogens (primary N) is 1. The summed E-state index contributed by atoms with van der Waals surface area (Å²) in [6.45, 7) is 0. The van der Waals surface area contributed by atoms with Crippen molar-refractivity contribution in [1.82, 2.24) is 10.2 Å². The van der Waals surface area contributed by atoms with E-state index >= 15 is 0 Å². The summed E-state index contributed by atoms with van der Waals surface area (Å²) in [5.74, 6) is -0.538. The van der Waals surface area contributed by atoms with E-state index in [1.54, 1.807) is 24.3 Å². The van der Waals surface area contributed by atoms with Gasteiger partial charge in [-0.05, 0) is 12.1 Å². The first-order chi connectivity index (χ1) is 9.10. The first-order valence-corrected chi connectivity index (χ1v) is 6.21. The molecule has 0 spiro atoms. The number of aromatic nitrogens is 2. The Morgan fingerprint density at radius 3 is 2.37 bits per heavy atom. The maximum Gasteiger partial charge on any atom is 0.337 e. The van der Waals surface area contributed by atoms with Crippen LogP contribution in [0.2, 0.25) is 0 Å². The summed E-state index contributed by atoms with van der Waals surface area (Å²) in [4.78, 5) is 23.2. The first kappa shape index (κ1) is 13.2. The van der Waals surface area contributed by atoms with Crippen LogP contribution in [0.3, 0.4) is 0 Å². The van der Waals surface area contributed by atoms with Crippen LogP contribution in [0.1, 0.15) is 25.7 Å². The third-order valence-electron chi connectivity index (χ3n) is 2.42. The van der Waals surface area contributed by atoms with Gasteiger partial charge in [0.25, 0.3) is 0 Å². The first-order valence-electron chi connectivity index (χ1n) is 5.39. The van der Waals surface area contributed by atoms with Crippen molar-refractivity contribution in [3.8, 4) is 0 Å². The zero-order valence-corrected chi connectivity index (χ0v) is 10.9. The van der Waals surface area contributed by atoms with E-state index in [0.29, 0.717) is 21.3 Å². The average Bonchev–Trinajstić information content (AvgIpc) is 2.83. The topological polar surface area (TPSA) is 95.2 Å². The van der Waals surface area contributed by atoms with Crippen molar-refractivity contribution in [3.63, 3.8) is 0 Å². The van der Waals surface area contributed by atoms with Gasteiger partial charge in [-0.3, -0.25) is 4.79 Å². The third kappa shape index (κ3) is 3.14. The minimum absolute atomic E-state index is 0.104. The van der Waals surface area contributed by atoms with E-state index < -0.39 is 5.97 Å². The second-order valence-corrected chi connectivity index (χ2v) is 4.80. The number of ether oxygens (including phenoxy) is 1. The lowest BCUT2D eigenvalue weighted by Crippen LogP contribution is -2.05. The molecule has 0 saturated heterocycles. The van der Waals surface area contributed by atoms with Crippen LogP contribution in [0.4, 0.5) is 5.13 Å². The van der Waals surface area contributed by atoms with Crippen LogP contribution < -0.4 is 5.73 Å². The molecule has 2 N–H and O–H groups in total. The summed E-state index contributed by atoms with van der Waals surface area (Å²) in [5, 5.41) is 8.34. The van der Waals surface area contributed by atoms with E-state index in [9.17, 15) is 9.59 Å². The van der Waals surface area contributed by atoms with Crippen molar-refractivity contribution in [3.05, 3.63) is 40.4 Å². The lowest BCUT2D eigenvalue weighted by molar-refractivity contribution is 0.0600. The second-order valence-electron chi connectivity index (χ2n) is 3.70. The fraction of sp³-hybridized carbons (Fsp3) is 0.167. The van der Waals surface area contributed by atoms with Gasteiger partial charge >= 0.3 is 5.97 Å². The van der Waals surface area contributed by atoms with Crippen molar-refractivity contribution in [2.24, 2.45) is 0 Å². The number of nitrogens with zero attached hydrogens (tertiary/aromatic N) is 2. The Labute approximate surface area is 113 Å². The summed E-state index contributed by atoms with van der Waals surface area (Å²) in [5.41, 5.74) is 6.35. The Bertz CT molecular complexity index is 607. The fourth-order valence-corrected chi connectivity index (χ4v) is 2.10. The summed E-state index contributed by atoms with van der Waals surface area (Å²) < 4.78 is 4.58. The number of rotatable bonds is 4. The van der Waals surface area contributed by atoms with Crippen molar-refractivity contribution in [2.45, 2.75) is 6.42 Å². The minimum Gasteiger partial charge on any atom is -0.465 e. The lowest BCUT2D eigenvalue weighted by atomic mass is 10.1. The van der Waals surface area contributed by atoms with Gasteiger partial charge in [-0.1, -0.05) is 23.5 Å². The quantitative estimate of drug-likeness (QED) is 0.669. The summed E-state index contributed by atoms with van der Waals surface area (Å²) in [6.07, 6.45) is 0.145. The van der Waals surface area contributed by atoms with Gasteiger partial charge < -0.3 is 10.5 Å². The van der Waals surface area contributed by atoms with Crippen molar-refractivity contribution >= 4 is 28.2 Å². The molecule has 0 aliphatic rings. The molecule has 7 heteroatoms. The molecule has 0 atom stereocenters. The molecule has 1 aromatic carbocycles. The Kier molecular flexibility index (Phi) is 3.86. The van der Waals surface area contributed by atoms with Gasteiger partial charge in [0.05, 0.1) is 19.1 Å². The lowest BCUT2D eigenvalue weighted by Gasteiger charge is -2.01. The van der Waals surface area contributed by atoms with E-state index in [-0.39, 0.29) is 12.2 Å². The molecule has 0 amide bonds. The number of carbonyl (C=O) groups is 2. The normalized spacial score (nSPS) is 10.2. The largest absolute Gasteiger partial charge is 0.465 e. The molecule has 1 aromatic heterocycles. The number of anilines is 1. The number of benzene rings is 1. The van der Waals surface area contributed by atoms with Crippen LogP contribution in [0.25, 0.3) is 0 Å². The SMILES string of the molecule is COC(=O)c1ccc(C(=O)Cc2nnc(N)s2)cc1. The molecule has 0 fully saturated rings. The Morgan fingerprint density at radius 1 is 1.21 bits per heavy atom. The summed E-state index contributed by atoms with van der Waals surface area (Å²) >= 11 is 1.18. The van der Waals surface area contributed by atoms with E-state index in [1.165, 1.54) is 18.4 Å². The molecule has 2 rings (SSSR count). The zero-order valence-electron chi connectivity index (χ0n) is 10.1. The standard InChI is InChI=1S/C12H11N3O3S/c1-18-11(17)8-4-2-7(3-5-8)9(16)6-10-14-15-12(13)19-10/h2-5H,6H2,1H3,(H2,13,15). The molecular weight excluding hydrogens is 266 g/mol. The van der Waals surface area contributed by atoms with Gasteiger partial charge in [-0.25, -0.2) is 4.79 Å². The van der Waals surface area contributed by atoms with E-state index in [2.05, 4.69) is 14.9 Å². The Morgan fingerprint density at radius 2 is 1.84 bits per heavy atom. The van der Waals surface area contributed by atoms with Crippen LogP contribution in [-0.4, -0.2) is 29.1 Å². The predicted octanol–water partition coefficient (Wildman–Crippen LogP) is 1.33. The second kappa shape index (κ2) is 5.57. The van der Waals surface area contributed by atoms with Gasteiger partial charge in [0.15, 0.2) is 5.78 Å². The van der Waals surface area contributed by atoms with Crippen molar-refractivity contribution < 1.29 is 14.3 Å². The van der Waals surface area contributed by atoms with Crippen LogP contribution in [0.5, 0.6) is 0 Å². The molecule has 19 heavy (non-hydrogen) atoms. The van der Waals surface area contributed by atoms with Gasteiger partial charge in [0, 0.05) is 5.56 Å². The Balaban J connectivity index is 2.09. The molecule has 1 heterocycles. The highest BCUT2D eigenvalue weighted by atomic mass is 32.1. The van der Waals surface area contributed by atoms with E-state index in [1.807, 2.05) is 0 Å². The van der Waals surface area contributed by atoms with Crippen LogP contribution >= 0.6 is 11.3 Å². The minimum atomic E-state index is -0.434. The maximum atomic E-state index is 12.0.